The molecule has 1 aliphatic rings. The van der Waals surface area contributed by atoms with E-state index in [0.717, 1.165) is 10.0 Å². The number of aromatic nitrogens is 2. The molecule has 0 unspecified atom stereocenters. The first kappa shape index (κ1) is 22.3. The summed E-state index contributed by atoms with van der Waals surface area (Å²) in [6.45, 7) is -0.187. The third-order valence-corrected chi connectivity index (χ3v) is 7.41. The molecular formula is C22H22BrN3O5S. The predicted octanol–water partition coefficient (Wildman–Crippen LogP) is 3.70. The number of nitrogens with zero attached hydrogens (tertiary/aromatic N) is 2. The molecule has 8 nitrogen and oxygen atoms in total. The van der Waals surface area contributed by atoms with E-state index in [1.54, 1.807) is 30.0 Å². The molecule has 3 aromatic rings. The Kier molecular flexibility index (Phi) is 6.52. The number of hydrogen-bond acceptors (Lipinski definition) is 6. The quantitative estimate of drug-likeness (QED) is 0.510. The summed E-state index contributed by atoms with van der Waals surface area (Å²) in [5.74, 6) is 1.45. The number of carbonyl (C=O) groups is 1. The normalized spacial score (nSPS) is 17.1. The van der Waals surface area contributed by atoms with Crippen molar-refractivity contribution in [1.82, 2.24) is 9.78 Å². The van der Waals surface area contributed by atoms with Crippen LogP contribution in [0.5, 0.6) is 11.5 Å². The standard InChI is InChI=1S/C22H22BrN3O5S/c1-30-18-6-2-15(3-7-18)20-12-21(26(25-20)17-10-11-32(28,29)14-17)24-22(27)13-31-19-8-4-16(23)5-9-19/h2-9,12,17H,10-11,13-14H2,1H3,(H,24,27)/t17-/m0/s1. The van der Waals surface area contributed by atoms with E-state index in [-0.39, 0.29) is 30.1 Å². The molecule has 0 bridgehead atoms. The molecule has 1 fully saturated rings. The van der Waals surface area contributed by atoms with Crippen LogP contribution in [0.4, 0.5) is 5.82 Å². The van der Waals surface area contributed by atoms with Crippen LogP contribution in [0, 0.1) is 0 Å². The second kappa shape index (κ2) is 9.33. The molecule has 1 aliphatic heterocycles. The molecule has 1 amide bonds. The Bertz CT molecular complexity index is 1210. The van der Waals surface area contributed by atoms with E-state index in [4.69, 9.17) is 9.47 Å². The van der Waals surface area contributed by atoms with E-state index in [0.29, 0.717) is 29.4 Å². The molecule has 1 atom stereocenters. The molecule has 2 aromatic carbocycles. The number of nitrogens with one attached hydrogen (secondary N) is 1. The Balaban J connectivity index is 1.55. The molecule has 2 heterocycles. The number of amides is 1. The number of ether oxygens (including phenoxy) is 2. The van der Waals surface area contributed by atoms with E-state index in [9.17, 15) is 13.2 Å². The van der Waals surface area contributed by atoms with Crippen LogP contribution in [-0.2, 0) is 14.6 Å². The maximum absolute atomic E-state index is 12.6. The van der Waals surface area contributed by atoms with Crippen LogP contribution in [0.3, 0.4) is 0 Å². The Morgan fingerprint density at radius 2 is 1.84 bits per heavy atom. The van der Waals surface area contributed by atoms with Gasteiger partial charge < -0.3 is 14.8 Å². The fourth-order valence-electron chi connectivity index (χ4n) is 3.50. The van der Waals surface area contributed by atoms with Crippen molar-refractivity contribution in [2.24, 2.45) is 0 Å². The highest BCUT2D eigenvalue weighted by Gasteiger charge is 2.31. The molecule has 168 valence electrons. The lowest BCUT2D eigenvalue weighted by atomic mass is 10.1. The Morgan fingerprint density at radius 3 is 2.47 bits per heavy atom. The van der Waals surface area contributed by atoms with Crippen LogP contribution in [0.15, 0.2) is 59.1 Å². The third-order valence-electron chi connectivity index (χ3n) is 5.13. The van der Waals surface area contributed by atoms with Gasteiger partial charge in [-0.05, 0) is 55.0 Å². The first-order chi connectivity index (χ1) is 15.3. The lowest BCUT2D eigenvalue weighted by molar-refractivity contribution is -0.118. The monoisotopic (exact) mass is 519 g/mol. The van der Waals surface area contributed by atoms with Crippen LogP contribution >= 0.6 is 15.9 Å². The third kappa shape index (κ3) is 5.31. The molecule has 4 rings (SSSR count). The summed E-state index contributed by atoms with van der Waals surface area (Å²) in [6.07, 6.45) is 0.449. The first-order valence-corrected chi connectivity index (χ1v) is 12.6. The lowest BCUT2D eigenvalue weighted by Gasteiger charge is -2.14. The van der Waals surface area contributed by atoms with Crippen molar-refractivity contribution in [1.29, 1.82) is 0 Å². The zero-order valence-electron chi connectivity index (χ0n) is 17.3. The SMILES string of the molecule is COc1ccc(-c2cc(NC(=O)COc3ccc(Br)cc3)n([C@H]3CCS(=O)(=O)C3)n2)cc1. The molecule has 0 saturated carbocycles. The summed E-state index contributed by atoms with van der Waals surface area (Å²) in [4.78, 5) is 12.6. The van der Waals surface area contributed by atoms with Gasteiger partial charge in [0.15, 0.2) is 16.4 Å². The van der Waals surface area contributed by atoms with Gasteiger partial charge in [0.2, 0.25) is 0 Å². The van der Waals surface area contributed by atoms with Gasteiger partial charge in [-0.3, -0.25) is 4.79 Å². The van der Waals surface area contributed by atoms with Gasteiger partial charge in [-0.1, -0.05) is 15.9 Å². The van der Waals surface area contributed by atoms with E-state index in [1.165, 1.54) is 0 Å². The minimum absolute atomic E-state index is 0.00496. The largest absolute Gasteiger partial charge is 0.497 e. The van der Waals surface area contributed by atoms with Crippen molar-refractivity contribution >= 4 is 37.5 Å². The van der Waals surface area contributed by atoms with Crippen molar-refractivity contribution in [3.05, 3.63) is 59.1 Å². The average molecular weight is 520 g/mol. The maximum Gasteiger partial charge on any atom is 0.263 e. The van der Waals surface area contributed by atoms with Crippen molar-refractivity contribution in [2.75, 3.05) is 30.5 Å². The highest BCUT2D eigenvalue weighted by Crippen LogP contribution is 2.31. The van der Waals surface area contributed by atoms with Gasteiger partial charge >= 0.3 is 0 Å². The summed E-state index contributed by atoms with van der Waals surface area (Å²) in [7, 11) is -1.53. The summed E-state index contributed by atoms with van der Waals surface area (Å²) < 4.78 is 37.3. The summed E-state index contributed by atoms with van der Waals surface area (Å²) in [5, 5.41) is 7.43. The van der Waals surface area contributed by atoms with Gasteiger partial charge in [-0.2, -0.15) is 5.10 Å². The number of hydrogen-bond donors (Lipinski definition) is 1. The second-order valence-corrected chi connectivity index (χ2v) is 10.6. The Morgan fingerprint density at radius 1 is 1.16 bits per heavy atom. The van der Waals surface area contributed by atoms with Gasteiger partial charge in [0, 0.05) is 16.1 Å². The Hall–Kier alpha value is -2.85. The van der Waals surface area contributed by atoms with Crippen molar-refractivity contribution in [3.8, 4) is 22.8 Å². The van der Waals surface area contributed by atoms with Crippen LogP contribution < -0.4 is 14.8 Å². The highest BCUT2D eigenvalue weighted by molar-refractivity contribution is 9.10. The number of carbonyl (C=O) groups excluding carboxylic acids is 1. The number of anilines is 1. The smallest absolute Gasteiger partial charge is 0.263 e. The van der Waals surface area contributed by atoms with Crippen LogP contribution in [-0.4, -0.2) is 49.3 Å². The zero-order valence-corrected chi connectivity index (χ0v) is 19.7. The minimum atomic E-state index is -3.12. The van der Waals surface area contributed by atoms with Crippen LogP contribution in [0.25, 0.3) is 11.3 Å². The van der Waals surface area contributed by atoms with Gasteiger partial charge in [0.1, 0.15) is 17.3 Å². The van der Waals surface area contributed by atoms with Crippen molar-refractivity contribution in [3.63, 3.8) is 0 Å². The predicted molar refractivity (Wildman–Crippen MR) is 125 cm³/mol. The number of halogens is 1. The molecule has 32 heavy (non-hydrogen) atoms. The molecule has 10 heteroatoms. The second-order valence-electron chi connectivity index (χ2n) is 7.44. The number of benzene rings is 2. The summed E-state index contributed by atoms with van der Waals surface area (Å²) in [5.41, 5.74) is 1.45. The van der Waals surface area contributed by atoms with Crippen molar-refractivity contribution < 1.29 is 22.7 Å². The zero-order chi connectivity index (χ0) is 22.7. The van der Waals surface area contributed by atoms with Gasteiger partial charge in [0.05, 0.1) is 30.4 Å². The molecular weight excluding hydrogens is 498 g/mol. The number of sulfone groups is 1. The van der Waals surface area contributed by atoms with E-state index >= 15 is 0 Å². The summed E-state index contributed by atoms with van der Waals surface area (Å²) >= 11 is 3.35. The van der Waals surface area contributed by atoms with Gasteiger partial charge in [0.25, 0.3) is 5.91 Å². The maximum atomic E-state index is 12.6. The fourth-order valence-corrected chi connectivity index (χ4v) is 5.45. The van der Waals surface area contributed by atoms with Gasteiger partial charge in [-0.15, -0.1) is 0 Å². The molecule has 1 N–H and O–H groups in total. The topological polar surface area (TPSA) is 99.5 Å². The van der Waals surface area contributed by atoms with E-state index < -0.39 is 9.84 Å². The van der Waals surface area contributed by atoms with Crippen LogP contribution in [0.1, 0.15) is 12.5 Å². The first-order valence-electron chi connectivity index (χ1n) is 9.95. The fraction of sp³-hybridized carbons (Fsp3) is 0.273. The molecule has 0 spiro atoms. The Labute approximate surface area is 194 Å². The highest BCUT2D eigenvalue weighted by atomic mass is 79.9. The molecule has 1 saturated heterocycles. The van der Waals surface area contributed by atoms with Gasteiger partial charge in [-0.25, -0.2) is 13.1 Å². The van der Waals surface area contributed by atoms with E-state index in [1.807, 2.05) is 36.4 Å². The lowest BCUT2D eigenvalue weighted by Crippen LogP contribution is -2.23. The van der Waals surface area contributed by atoms with Crippen LogP contribution in [0.2, 0.25) is 0 Å². The number of methoxy groups -OCH3 is 1. The van der Waals surface area contributed by atoms with E-state index in [2.05, 4.69) is 26.3 Å². The number of rotatable bonds is 7. The summed E-state index contributed by atoms with van der Waals surface area (Å²) in [6, 6.07) is 15.9. The van der Waals surface area contributed by atoms with Crippen molar-refractivity contribution in [2.45, 2.75) is 12.5 Å². The molecule has 1 aromatic heterocycles. The molecule has 0 aliphatic carbocycles. The minimum Gasteiger partial charge on any atom is -0.497 e. The average Bonchev–Trinajstić information content (AvgIpc) is 3.36. The molecule has 0 radical (unpaired) electrons.